The van der Waals surface area contributed by atoms with Crippen LogP contribution in [0.4, 0.5) is 0 Å². The fourth-order valence-corrected chi connectivity index (χ4v) is 4.57. The Balaban J connectivity index is 4.44. The lowest BCUT2D eigenvalue weighted by Gasteiger charge is -2.27. The second-order valence-electron chi connectivity index (χ2n) is 3.09. The standard InChI is InChI=1S/C11H20OSi/c1-5-9-13(10-6-2,11-7-3)12-8-4/h5-7H,1-3,8-11H2,4H3. The predicted molar refractivity (Wildman–Crippen MR) is 62.4 cm³/mol. The third-order valence-electron chi connectivity index (χ3n) is 2.00. The fraction of sp³-hybridized carbons (Fsp3) is 0.455. The molecule has 0 unspecified atom stereocenters. The maximum Gasteiger partial charge on any atom is 0.203 e. The van der Waals surface area contributed by atoms with Gasteiger partial charge in [-0.2, -0.15) is 0 Å². The average Bonchev–Trinajstić information content (AvgIpc) is 2.06. The van der Waals surface area contributed by atoms with Gasteiger partial charge >= 0.3 is 0 Å². The van der Waals surface area contributed by atoms with Gasteiger partial charge in [-0.05, 0) is 25.1 Å². The minimum atomic E-state index is -1.65. The van der Waals surface area contributed by atoms with E-state index in [1.54, 1.807) is 0 Å². The summed E-state index contributed by atoms with van der Waals surface area (Å²) in [6.45, 7) is 14.2. The van der Waals surface area contributed by atoms with E-state index in [1.165, 1.54) is 0 Å². The highest BCUT2D eigenvalue weighted by Gasteiger charge is 2.30. The first-order valence-corrected chi connectivity index (χ1v) is 7.24. The van der Waals surface area contributed by atoms with Gasteiger partial charge in [0.15, 0.2) is 0 Å². The molecule has 2 heteroatoms. The Hall–Kier alpha value is -0.603. The molecule has 0 fully saturated rings. The summed E-state index contributed by atoms with van der Waals surface area (Å²) in [7, 11) is -1.65. The monoisotopic (exact) mass is 196 g/mol. The normalized spacial score (nSPS) is 10.8. The Labute approximate surface area is 82.9 Å². The molecule has 13 heavy (non-hydrogen) atoms. The highest BCUT2D eigenvalue weighted by atomic mass is 28.4. The van der Waals surface area contributed by atoms with Gasteiger partial charge in [-0.25, -0.2) is 0 Å². The van der Waals surface area contributed by atoms with Crippen molar-refractivity contribution in [2.75, 3.05) is 6.61 Å². The third kappa shape index (κ3) is 4.25. The number of hydrogen-bond acceptors (Lipinski definition) is 1. The largest absolute Gasteiger partial charge is 0.416 e. The zero-order chi connectivity index (χ0) is 10.2. The summed E-state index contributed by atoms with van der Waals surface area (Å²) >= 11 is 0. The Morgan fingerprint density at radius 3 is 1.62 bits per heavy atom. The van der Waals surface area contributed by atoms with Crippen molar-refractivity contribution in [1.82, 2.24) is 0 Å². The van der Waals surface area contributed by atoms with E-state index >= 15 is 0 Å². The van der Waals surface area contributed by atoms with Crippen molar-refractivity contribution in [1.29, 1.82) is 0 Å². The first-order chi connectivity index (χ1) is 6.24. The van der Waals surface area contributed by atoms with Gasteiger partial charge < -0.3 is 4.43 Å². The van der Waals surface area contributed by atoms with Crippen molar-refractivity contribution in [3.05, 3.63) is 38.0 Å². The van der Waals surface area contributed by atoms with Crippen molar-refractivity contribution < 1.29 is 4.43 Å². The van der Waals surface area contributed by atoms with E-state index in [1.807, 2.05) is 25.2 Å². The summed E-state index contributed by atoms with van der Waals surface area (Å²) in [5.41, 5.74) is 0. The quantitative estimate of drug-likeness (QED) is 0.426. The molecule has 0 aromatic heterocycles. The van der Waals surface area contributed by atoms with E-state index in [0.717, 1.165) is 24.7 Å². The Kier molecular flexibility index (Phi) is 6.55. The summed E-state index contributed by atoms with van der Waals surface area (Å²) in [4.78, 5) is 0. The minimum Gasteiger partial charge on any atom is -0.416 e. The van der Waals surface area contributed by atoms with Crippen LogP contribution in [-0.2, 0) is 4.43 Å². The topological polar surface area (TPSA) is 9.23 Å². The predicted octanol–water partition coefficient (Wildman–Crippen LogP) is 3.53. The smallest absolute Gasteiger partial charge is 0.203 e. The molecular weight excluding hydrogens is 176 g/mol. The molecule has 0 aliphatic heterocycles. The maximum absolute atomic E-state index is 5.88. The zero-order valence-corrected chi connectivity index (χ0v) is 9.59. The van der Waals surface area contributed by atoms with Crippen LogP contribution in [-0.4, -0.2) is 14.9 Å². The Morgan fingerprint density at radius 2 is 1.38 bits per heavy atom. The van der Waals surface area contributed by atoms with Crippen LogP contribution in [0.15, 0.2) is 38.0 Å². The number of rotatable bonds is 8. The van der Waals surface area contributed by atoms with Crippen LogP contribution in [0.3, 0.4) is 0 Å². The van der Waals surface area contributed by atoms with Gasteiger partial charge in [-0.3, -0.25) is 0 Å². The van der Waals surface area contributed by atoms with Crippen molar-refractivity contribution in [2.45, 2.75) is 25.1 Å². The number of allylic oxidation sites excluding steroid dienone is 3. The van der Waals surface area contributed by atoms with Crippen LogP contribution >= 0.6 is 0 Å². The summed E-state index contributed by atoms with van der Waals surface area (Å²) in [6.07, 6.45) is 5.86. The molecule has 1 nitrogen and oxygen atoms in total. The summed E-state index contributed by atoms with van der Waals surface area (Å²) in [5.74, 6) is 0. The van der Waals surface area contributed by atoms with E-state index < -0.39 is 8.32 Å². The Bertz CT molecular complexity index is 148. The van der Waals surface area contributed by atoms with Crippen molar-refractivity contribution in [2.24, 2.45) is 0 Å². The average molecular weight is 196 g/mol. The summed E-state index contributed by atoms with van der Waals surface area (Å²) in [5, 5.41) is 0. The first-order valence-electron chi connectivity index (χ1n) is 4.71. The lowest BCUT2D eigenvalue weighted by atomic mass is 10.7. The highest BCUT2D eigenvalue weighted by molar-refractivity contribution is 6.75. The highest BCUT2D eigenvalue weighted by Crippen LogP contribution is 2.23. The second-order valence-corrected chi connectivity index (χ2v) is 6.97. The summed E-state index contributed by atoms with van der Waals surface area (Å²) < 4.78 is 5.88. The van der Waals surface area contributed by atoms with E-state index in [0.29, 0.717) is 0 Å². The SMILES string of the molecule is C=CC[Si](CC=C)(CC=C)OCC. The minimum absolute atomic E-state index is 0.780. The van der Waals surface area contributed by atoms with E-state index in [9.17, 15) is 0 Å². The van der Waals surface area contributed by atoms with Crippen molar-refractivity contribution >= 4 is 8.32 Å². The molecule has 0 N–H and O–H groups in total. The molecule has 0 amide bonds. The van der Waals surface area contributed by atoms with Crippen LogP contribution in [0.5, 0.6) is 0 Å². The van der Waals surface area contributed by atoms with Crippen molar-refractivity contribution in [3.8, 4) is 0 Å². The lowest BCUT2D eigenvalue weighted by Crippen LogP contribution is -2.36. The van der Waals surface area contributed by atoms with E-state index in [4.69, 9.17) is 4.43 Å². The molecular formula is C11H20OSi. The molecule has 0 aliphatic carbocycles. The molecule has 0 aliphatic rings. The van der Waals surface area contributed by atoms with Crippen molar-refractivity contribution in [3.63, 3.8) is 0 Å². The van der Waals surface area contributed by atoms with Gasteiger partial charge in [0.25, 0.3) is 0 Å². The zero-order valence-electron chi connectivity index (χ0n) is 8.59. The van der Waals surface area contributed by atoms with Gasteiger partial charge in [0.05, 0.1) is 0 Å². The van der Waals surface area contributed by atoms with Gasteiger partial charge in [0, 0.05) is 6.61 Å². The van der Waals surface area contributed by atoms with Gasteiger partial charge in [-0.15, -0.1) is 19.7 Å². The molecule has 0 atom stereocenters. The second kappa shape index (κ2) is 6.86. The van der Waals surface area contributed by atoms with Crippen LogP contribution in [0.2, 0.25) is 18.1 Å². The lowest BCUT2D eigenvalue weighted by molar-refractivity contribution is 0.325. The van der Waals surface area contributed by atoms with E-state index in [2.05, 4.69) is 19.7 Å². The van der Waals surface area contributed by atoms with Crippen LogP contribution in [0, 0.1) is 0 Å². The van der Waals surface area contributed by atoms with Gasteiger partial charge in [0.1, 0.15) is 0 Å². The summed E-state index contributed by atoms with van der Waals surface area (Å²) in [6, 6.07) is 2.96. The van der Waals surface area contributed by atoms with Crippen LogP contribution < -0.4 is 0 Å². The molecule has 74 valence electrons. The van der Waals surface area contributed by atoms with Crippen LogP contribution in [0.1, 0.15) is 6.92 Å². The van der Waals surface area contributed by atoms with E-state index in [-0.39, 0.29) is 0 Å². The molecule has 0 rings (SSSR count). The molecule has 0 saturated carbocycles. The third-order valence-corrected chi connectivity index (χ3v) is 6.00. The number of hydrogen-bond donors (Lipinski definition) is 0. The van der Waals surface area contributed by atoms with Gasteiger partial charge in [0.2, 0.25) is 8.32 Å². The van der Waals surface area contributed by atoms with Gasteiger partial charge in [-0.1, -0.05) is 18.2 Å². The molecule has 0 heterocycles. The molecule has 0 aromatic rings. The molecule has 0 aromatic carbocycles. The molecule has 0 bridgehead atoms. The maximum atomic E-state index is 5.88. The fourth-order valence-electron chi connectivity index (χ4n) is 1.52. The Morgan fingerprint density at radius 1 is 1.00 bits per heavy atom. The van der Waals surface area contributed by atoms with Crippen LogP contribution in [0.25, 0.3) is 0 Å². The molecule has 0 saturated heterocycles. The molecule has 0 spiro atoms. The first kappa shape index (κ1) is 12.4. The molecule has 0 radical (unpaired) electrons.